The Morgan fingerprint density at radius 3 is 3.00 bits per heavy atom. The van der Waals surface area contributed by atoms with Gasteiger partial charge in [0.1, 0.15) is 12.4 Å². The molecule has 21 heavy (non-hydrogen) atoms. The van der Waals surface area contributed by atoms with Crippen molar-refractivity contribution in [3.8, 4) is 0 Å². The van der Waals surface area contributed by atoms with Crippen LogP contribution in [0.5, 0.6) is 0 Å². The number of carbonyl (C=O) groups excluding carboxylic acids is 2. The van der Waals surface area contributed by atoms with Gasteiger partial charge in [-0.2, -0.15) is 0 Å². The second kappa shape index (κ2) is 4.72. The average Bonchev–Trinajstić information content (AvgIpc) is 2.68. The molecule has 0 aromatic heterocycles. The highest BCUT2D eigenvalue weighted by Gasteiger charge is 2.43. The molecule has 0 saturated carbocycles. The van der Waals surface area contributed by atoms with E-state index in [0.29, 0.717) is 17.9 Å². The van der Waals surface area contributed by atoms with E-state index >= 15 is 0 Å². The van der Waals surface area contributed by atoms with Gasteiger partial charge in [-0.1, -0.05) is 25.2 Å². The van der Waals surface area contributed by atoms with Gasteiger partial charge in [-0.25, -0.2) is 4.79 Å². The Morgan fingerprint density at radius 2 is 2.29 bits per heavy atom. The minimum atomic E-state index is -0.283. The fourth-order valence-electron chi connectivity index (χ4n) is 3.25. The summed E-state index contributed by atoms with van der Waals surface area (Å²) in [7, 11) is 0. The predicted octanol–water partition coefficient (Wildman–Crippen LogP) is 2.83. The van der Waals surface area contributed by atoms with Gasteiger partial charge in [0.05, 0.1) is 0 Å². The Hall–Kier alpha value is -2.10. The molecule has 2 aliphatic carbocycles. The molecule has 3 aliphatic rings. The smallest absolute Gasteiger partial charge is 0.339 e. The first kappa shape index (κ1) is 13.9. The summed E-state index contributed by atoms with van der Waals surface area (Å²) in [6, 6.07) is 0. The third-order valence-electron chi connectivity index (χ3n) is 4.52. The number of hydrogen-bond acceptors (Lipinski definition) is 4. The molecule has 0 spiro atoms. The van der Waals surface area contributed by atoms with E-state index in [-0.39, 0.29) is 23.3 Å². The van der Waals surface area contributed by atoms with E-state index in [1.807, 2.05) is 18.2 Å². The van der Waals surface area contributed by atoms with Crippen LogP contribution in [0, 0.1) is 11.3 Å². The molecular formula is C17H18O4. The fourth-order valence-corrected chi connectivity index (χ4v) is 3.25. The third kappa shape index (κ3) is 2.24. The van der Waals surface area contributed by atoms with Gasteiger partial charge in [0, 0.05) is 29.4 Å². The van der Waals surface area contributed by atoms with Gasteiger partial charge in [-0.3, -0.25) is 4.79 Å². The van der Waals surface area contributed by atoms with Crippen LogP contribution in [0.2, 0.25) is 0 Å². The molecular weight excluding hydrogens is 268 g/mol. The quantitative estimate of drug-likeness (QED) is 0.732. The summed E-state index contributed by atoms with van der Waals surface area (Å²) in [6.07, 6.45) is 8.84. The van der Waals surface area contributed by atoms with Crippen molar-refractivity contribution in [3.05, 3.63) is 46.8 Å². The zero-order valence-corrected chi connectivity index (χ0v) is 12.4. The molecule has 2 atom stereocenters. The lowest BCUT2D eigenvalue weighted by Crippen LogP contribution is -2.32. The number of esters is 2. The van der Waals surface area contributed by atoms with E-state index in [9.17, 15) is 9.59 Å². The molecule has 3 rings (SSSR count). The monoisotopic (exact) mass is 286 g/mol. The van der Waals surface area contributed by atoms with Crippen LogP contribution in [-0.4, -0.2) is 18.5 Å². The minimum absolute atomic E-state index is 0.185. The maximum Gasteiger partial charge on any atom is 0.339 e. The third-order valence-corrected chi connectivity index (χ3v) is 4.52. The standard InChI is InChI=1S/C17H18O4/c1-10-13-7-14-12(9-20-11(2)18)5-4-6-17(14,3)8-15(13)21-16(10)19/h4-6,8,14H,7,9H2,1-3H3/t14-,17-/m0/s1. The summed E-state index contributed by atoms with van der Waals surface area (Å²) >= 11 is 0. The molecule has 0 saturated heterocycles. The summed E-state index contributed by atoms with van der Waals surface area (Å²) < 4.78 is 10.5. The molecule has 0 amide bonds. The van der Waals surface area contributed by atoms with E-state index in [1.165, 1.54) is 6.92 Å². The number of carbonyl (C=O) groups is 2. The van der Waals surface area contributed by atoms with Crippen LogP contribution in [0.25, 0.3) is 0 Å². The van der Waals surface area contributed by atoms with E-state index < -0.39 is 0 Å². The van der Waals surface area contributed by atoms with Crippen LogP contribution in [0.1, 0.15) is 27.2 Å². The van der Waals surface area contributed by atoms with Gasteiger partial charge in [0.2, 0.25) is 0 Å². The van der Waals surface area contributed by atoms with Crippen molar-refractivity contribution >= 4 is 11.9 Å². The van der Waals surface area contributed by atoms with Crippen LogP contribution in [0.15, 0.2) is 46.8 Å². The molecule has 0 N–H and O–H groups in total. The molecule has 0 aromatic rings. The Kier molecular flexibility index (Phi) is 3.12. The zero-order chi connectivity index (χ0) is 15.2. The Bertz CT molecular complexity index is 648. The summed E-state index contributed by atoms with van der Waals surface area (Å²) in [5.41, 5.74) is 2.52. The van der Waals surface area contributed by atoms with Crippen LogP contribution in [0.3, 0.4) is 0 Å². The summed E-state index contributed by atoms with van der Waals surface area (Å²) in [5.74, 6) is 0.335. The van der Waals surface area contributed by atoms with Crippen molar-refractivity contribution in [3.63, 3.8) is 0 Å². The number of rotatable bonds is 2. The van der Waals surface area contributed by atoms with Gasteiger partial charge in [0.15, 0.2) is 0 Å². The molecule has 4 nitrogen and oxygen atoms in total. The Labute approximate surface area is 123 Å². The van der Waals surface area contributed by atoms with Crippen molar-refractivity contribution in [2.45, 2.75) is 27.2 Å². The van der Waals surface area contributed by atoms with Gasteiger partial charge in [0.25, 0.3) is 0 Å². The van der Waals surface area contributed by atoms with Gasteiger partial charge in [-0.15, -0.1) is 0 Å². The number of ether oxygens (including phenoxy) is 2. The largest absolute Gasteiger partial charge is 0.461 e. The molecule has 0 radical (unpaired) electrons. The molecule has 0 fully saturated rings. The highest BCUT2D eigenvalue weighted by Crippen LogP contribution is 2.50. The van der Waals surface area contributed by atoms with Crippen molar-refractivity contribution in [2.24, 2.45) is 11.3 Å². The first-order valence-electron chi connectivity index (χ1n) is 7.07. The van der Waals surface area contributed by atoms with Gasteiger partial charge in [-0.05, 0) is 25.0 Å². The molecule has 1 heterocycles. The van der Waals surface area contributed by atoms with Crippen molar-refractivity contribution < 1.29 is 19.1 Å². The lowest BCUT2D eigenvalue weighted by atomic mass is 9.64. The topological polar surface area (TPSA) is 52.6 Å². The lowest BCUT2D eigenvalue weighted by molar-refractivity contribution is -0.140. The van der Waals surface area contributed by atoms with Gasteiger partial charge < -0.3 is 9.47 Å². The summed E-state index contributed by atoms with van der Waals surface area (Å²) in [5, 5.41) is 0. The van der Waals surface area contributed by atoms with Crippen LogP contribution < -0.4 is 0 Å². The second-order valence-electron chi connectivity index (χ2n) is 6.01. The van der Waals surface area contributed by atoms with Crippen molar-refractivity contribution in [1.29, 1.82) is 0 Å². The molecule has 1 aliphatic heterocycles. The first-order chi connectivity index (χ1) is 9.90. The normalized spacial score (nSPS) is 30.2. The van der Waals surface area contributed by atoms with E-state index in [1.54, 1.807) is 6.92 Å². The number of allylic oxidation sites excluding steroid dienone is 5. The Balaban J connectivity index is 1.95. The average molecular weight is 286 g/mol. The molecule has 0 unspecified atom stereocenters. The summed E-state index contributed by atoms with van der Waals surface area (Å²) in [4.78, 5) is 22.8. The van der Waals surface area contributed by atoms with Crippen LogP contribution in [0.4, 0.5) is 0 Å². The number of fused-ring (bicyclic) bond motifs is 2. The highest BCUT2D eigenvalue weighted by atomic mass is 16.5. The van der Waals surface area contributed by atoms with Crippen LogP contribution >= 0.6 is 0 Å². The predicted molar refractivity (Wildman–Crippen MR) is 76.9 cm³/mol. The van der Waals surface area contributed by atoms with Crippen LogP contribution in [-0.2, 0) is 19.1 Å². The highest BCUT2D eigenvalue weighted by molar-refractivity contribution is 5.94. The maximum absolute atomic E-state index is 11.7. The van der Waals surface area contributed by atoms with E-state index in [2.05, 4.69) is 13.0 Å². The lowest BCUT2D eigenvalue weighted by Gasteiger charge is -2.40. The first-order valence-corrected chi connectivity index (χ1v) is 7.07. The van der Waals surface area contributed by atoms with Gasteiger partial charge >= 0.3 is 11.9 Å². The van der Waals surface area contributed by atoms with Crippen molar-refractivity contribution in [1.82, 2.24) is 0 Å². The molecule has 110 valence electrons. The van der Waals surface area contributed by atoms with Crippen molar-refractivity contribution in [2.75, 3.05) is 6.61 Å². The maximum atomic E-state index is 11.7. The fraction of sp³-hybridized carbons (Fsp3) is 0.412. The zero-order valence-electron chi connectivity index (χ0n) is 12.4. The molecule has 0 aromatic carbocycles. The summed E-state index contributed by atoms with van der Waals surface area (Å²) in [6.45, 7) is 5.62. The molecule has 0 bridgehead atoms. The van der Waals surface area contributed by atoms with E-state index in [0.717, 1.165) is 17.6 Å². The SMILES string of the molecule is CC(=O)OCC1=CC=C[C@@]2(C)C=C3OC(=O)C(C)=C3C[C@@H]12. The minimum Gasteiger partial charge on any atom is -0.461 e. The number of hydrogen-bond donors (Lipinski definition) is 0. The Morgan fingerprint density at radius 1 is 1.52 bits per heavy atom. The second-order valence-corrected chi connectivity index (χ2v) is 6.01. The van der Waals surface area contributed by atoms with E-state index in [4.69, 9.17) is 9.47 Å². The molecule has 4 heteroatoms.